The molecule has 1 fully saturated rings. The van der Waals surface area contributed by atoms with E-state index in [0.29, 0.717) is 10.9 Å². The van der Waals surface area contributed by atoms with Crippen molar-refractivity contribution in [2.45, 2.75) is 51.4 Å². The summed E-state index contributed by atoms with van der Waals surface area (Å²) in [5.41, 5.74) is 0. The fraction of sp³-hybridized carbons (Fsp3) is 1.00. The maximum absolute atomic E-state index is 3.71. The predicted molar refractivity (Wildman–Crippen MR) is 57.5 cm³/mol. The van der Waals surface area contributed by atoms with Crippen LogP contribution in [0, 0.1) is 5.92 Å². The Morgan fingerprint density at radius 1 is 1.67 bits per heavy atom. The van der Waals surface area contributed by atoms with Gasteiger partial charge < -0.3 is 5.32 Å². The molecular weight excluding hydrogens is 166 g/mol. The maximum atomic E-state index is 3.71. The highest BCUT2D eigenvalue weighted by molar-refractivity contribution is 8.00. The number of rotatable bonds is 2. The number of nitrogens with one attached hydrogen (secondary N) is 1. The lowest BCUT2D eigenvalue weighted by atomic mass is 9.98. The molecule has 1 aliphatic heterocycles. The highest BCUT2D eigenvalue weighted by Gasteiger charge is 2.34. The van der Waals surface area contributed by atoms with Crippen LogP contribution in [-0.4, -0.2) is 16.7 Å². The maximum Gasteiger partial charge on any atom is 0.0644 e. The molecule has 12 heavy (non-hydrogen) atoms. The van der Waals surface area contributed by atoms with Crippen LogP contribution in [0.25, 0.3) is 0 Å². The first-order chi connectivity index (χ1) is 5.58. The Balaban J connectivity index is 2.56. The van der Waals surface area contributed by atoms with Gasteiger partial charge in [-0.15, -0.1) is 11.8 Å². The van der Waals surface area contributed by atoms with Crippen molar-refractivity contribution in [3.8, 4) is 0 Å². The van der Waals surface area contributed by atoms with Crippen molar-refractivity contribution in [3.63, 3.8) is 0 Å². The average molecular weight is 187 g/mol. The van der Waals surface area contributed by atoms with Crippen molar-refractivity contribution in [2.24, 2.45) is 5.92 Å². The van der Waals surface area contributed by atoms with E-state index in [9.17, 15) is 0 Å². The van der Waals surface area contributed by atoms with Crippen LogP contribution < -0.4 is 5.32 Å². The largest absolute Gasteiger partial charge is 0.300 e. The minimum absolute atomic E-state index is 0.326. The Morgan fingerprint density at radius 3 is 2.83 bits per heavy atom. The van der Waals surface area contributed by atoms with E-state index in [1.54, 1.807) is 0 Å². The molecule has 3 atom stereocenters. The standard InChI is InChI=1S/C10H21NS/c1-5-8(2)10(4)11-9(3)6-7-12-10/h8-9,11H,5-7H2,1-4H3. The Kier molecular flexibility index (Phi) is 3.47. The molecule has 1 N–H and O–H groups in total. The smallest absolute Gasteiger partial charge is 0.0644 e. The SMILES string of the molecule is CCC(C)C1(C)NC(C)CCS1. The highest BCUT2D eigenvalue weighted by atomic mass is 32.2. The monoisotopic (exact) mass is 187 g/mol. The fourth-order valence-corrected chi connectivity index (χ4v) is 3.36. The number of thioether (sulfide) groups is 1. The highest BCUT2D eigenvalue weighted by Crippen LogP contribution is 2.36. The predicted octanol–water partition coefficient (Wildman–Crippen LogP) is 2.86. The lowest BCUT2D eigenvalue weighted by Gasteiger charge is -2.42. The van der Waals surface area contributed by atoms with Crippen LogP contribution in [0.1, 0.15) is 40.5 Å². The Morgan fingerprint density at radius 2 is 2.33 bits per heavy atom. The molecule has 2 heteroatoms. The Hall–Kier alpha value is 0.310. The summed E-state index contributed by atoms with van der Waals surface area (Å²) in [6.07, 6.45) is 2.58. The first kappa shape index (κ1) is 10.4. The molecule has 0 saturated carbocycles. The van der Waals surface area contributed by atoms with Gasteiger partial charge >= 0.3 is 0 Å². The van der Waals surface area contributed by atoms with Gasteiger partial charge in [0.1, 0.15) is 0 Å². The third-order valence-electron chi connectivity index (χ3n) is 3.04. The first-order valence-corrected chi connectivity index (χ1v) is 5.98. The zero-order chi connectivity index (χ0) is 9.19. The summed E-state index contributed by atoms with van der Waals surface area (Å²) in [6.45, 7) is 9.26. The first-order valence-electron chi connectivity index (χ1n) is 5.00. The molecule has 0 aromatic rings. The molecule has 1 saturated heterocycles. The molecule has 0 aromatic heterocycles. The molecule has 0 bridgehead atoms. The molecule has 1 heterocycles. The van der Waals surface area contributed by atoms with Gasteiger partial charge in [-0.25, -0.2) is 0 Å². The van der Waals surface area contributed by atoms with Crippen LogP contribution in [0.5, 0.6) is 0 Å². The van der Waals surface area contributed by atoms with Gasteiger partial charge in [-0.2, -0.15) is 0 Å². The Bertz CT molecular complexity index is 149. The lowest BCUT2D eigenvalue weighted by molar-refractivity contribution is 0.308. The van der Waals surface area contributed by atoms with Crippen LogP contribution in [-0.2, 0) is 0 Å². The van der Waals surface area contributed by atoms with Crippen molar-refractivity contribution in [2.75, 3.05) is 5.75 Å². The van der Waals surface area contributed by atoms with Crippen molar-refractivity contribution in [3.05, 3.63) is 0 Å². The van der Waals surface area contributed by atoms with Crippen molar-refractivity contribution < 1.29 is 0 Å². The van der Waals surface area contributed by atoms with E-state index in [1.165, 1.54) is 18.6 Å². The van der Waals surface area contributed by atoms with Gasteiger partial charge in [0.2, 0.25) is 0 Å². The summed E-state index contributed by atoms with van der Waals surface area (Å²) in [4.78, 5) is 0.326. The molecule has 0 aromatic carbocycles. The summed E-state index contributed by atoms with van der Waals surface area (Å²) in [5, 5.41) is 3.71. The summed E-state index contributed by atoms with van der Waals surface area (Å²) in [7, 11) is 0. The molecule has 0 aliphatic carbocycles. The van der Waals surface area contributed by atoms with Gasteiger partial charge in [-0.3, -0.25) is 0 Å². The topological polar surface area (TPSA) is 12.0 Å². The molecule has 72 valence electrons. The van der Waals surface area contributed by atoms with Crippen LogP contribution in [0.4, 0.5) is 0 Å². The molecule has 0 spiro atoms. The number of hydrogen-bond acceptors (Lipinski definition) is 2. The van der Waals surface area contributed by atoms with Crippen LogP contribution in [0.3, 0.4) is 0 Å². The van der Waals surface area contributed by atoms with Crippen molar-refractivity contribution >= 4 is 11.8 Å². The quantitative estimate of drug-likeness (QED) is 0.713. The average Bonchev–Trinajstić information content (AvgIpc) is 2.02. The second-order valence-corrected chi connectivity index (χ2v) is 5.64. The Labute approximate surface area is 80.7 Å². The molecule has 1 rings (SSSR count). The molecule has 1 nitrogen and oxygen atoms in total. The van der Waals surface area contributed by atoms with Crippen LogP contribution >= 0.6 is 11.8 Å². The van der Waals surface area contributed by atoms with E-state index in [1.807, 2.05) is 0 Å². The van der Waals surface area contributed by atoms with Gasteiger partial charge in [0.05, 0.1) is 4.87 Å². The van der Waals surface area contributed by atoms with Crippen molar-refractivity contribution in [1.29, 1.82) is 0 Å². The van der Waals surface area contributed by atoms with Crippen LogP contribution in [0.15, 0.2) is 0 Å². The third-order valence-corrected chi connectivity index (χ3v) is 4.60. The summed E-state index contributed by atoms with van der Waals surface area (Å²) in [6, 6.07) is 0.699. The van der Waals surface area contributed by atoms with Gasteiger partial charge in [-0.05, 0) is 31.9 Å². The van der Waals surface area contributed by atoms with E-state index in [-0.39, 0.29) is 0 Å². The molecular formula is C10H21NS. The van der Waals surface area contributed by atoms with Gasteiger partial charge in [0.15, 0.2) is 0 Å². The normalized spacial score (nSPS) is 39.5. The van der Waals surface area contributed by atoms with Gasteiger partial charge in [0.25, 0.3) is 0 Å². The second kappa shape index (κ2) is 4.01. The molecule has 0 radical (unpaired) electrons. The van der Waals surface area contributed by atoms with E-state index in [4.69, 9.17) is 0 Å². The summed E-state index contributed by atoms with van der Waals surface area (Å²) < 4.78 is 0. The molecule has 0 amide bonds. The number of hydrogen-bond donors (Lipinski definition) is 1. The third kappa shape index (κ3) is 2.17. The molecule has 1 aliphatic rings. The molecule has 3 unspecified atom stereocenters. The second-order valence-electron chi connectivity index (χ2n) is 4.10. The van der Waals surface area contributed by atoms with Gasteiger partial charge in [-0.1, -0.05) is 20.3 Å². The van der Waals surface area contributed by atoms with E-state index < -0.39 is 0 Å². The minimum atomic E-state index is 0.326. The summed E-state index contributed by atoms with van der Waals surface area (Å²) in [5.74, 6) is 2.08. The lowest BCUT2D eigenvalue weighted by Crippen LogP contribution is -2.52. The van der Waals surface area contributed by atoms with Crippen molar-refractivity contribution in [1.82, 2.24) is 5.32 Å². The van der Waals surface area contributed by atoms with E-state index in [0.717, 1.165) is 5.92 Å². The van der Waals surface area contributed by atoms with Gasteiger partial charge in [0, 0.05) is 6.04 Å². The van der Waals surface area contributed by atoms with E-state index in [2.05, 4.69) is 44.8 Å². The zero-order valence-electron chi connectivity index (χ0n) is 8.68. The fourth-order valence-electron chi connectivity index (χ4n) is 1.72. The summed E-state index contributed by atoms with van der Waals surface area (Å²) >= 11 is 2.09. The zero-order valence-corrected chi connectivity index (χ0v) is 9.50. The van der Waals surface area contributed by atoms with E-state index >= 15 is 0 Å². The van der Waals surface area contributed by atoms with Crippen LogP contribution in [0.2, 0.25) is 0 Å². The minimum Gasteiger partial charge on any atom is -0.300 e.